The molecule has 2 atom stereocenters. The van der Waals surface area contributed by atoms with Crippen molar-refractivity contribution < 1.29 is 4.90 Å². The Kier molecular flexibility index (Phi) is 3.92. The van der Waals surface area contributed by atoms with Crippen molar-refractivity contribution in [3.05, 3.63) is 0 Å². The first-order valence-electron chi connectivity index (χ1n) is 5.16. The van der Waals surface area contributed by atoms with Gasteiger partial charge in [-0.25, -0.2) is 0 Å². The highest BCUT2D eigenvalue weighted by Crippen LogP contribution is 2.01. The summed E-state index contributed by atoms with van der Waals surface area (Å²) < 4.78 is 0. The van der Waals surface area contributed by atoms with Crippen molar-refractivity contribution in [2.24, 2.45) is 5.92 Å². The van der Waals surface area contributed by atoms with Crippen LogP contribution in [0.3, 0.4) is 0 Å². The predicted molar refractivity (Wildman–Crippen MR) is 48.9 cm³/mol. The molecular formula is C10H22N+. The molecule has 1 fully saturated rings. The summed E-state index contributed by atoms with van der Waals surface area (Å²) in [4.78, 5) is 1.85. The lowest BCUT2D eigenvalue weighted by Gasteiger charge is -2.11. The molecule has 0 radical (unpaired) electrons. The van der Waals surface area contributed by atoms with Crippen LogP contribution >= 0.6 is 0 Å². The quantitative estimate of drug-likeness (QED) is 0.581. The maximum atomic E-state index is 2.38. The molecule has 0 spiro atoms. The van der Waals surface area contributed by atoms with Crippen LogP contribution in [-0.4, -0.2) is 19.6 Å². The fourth-order valence-electron chi connectivity index (χ4n) is 2.00. The van der Waals surface area contributed by atoms with Crippen molar-refractivity contribution >= 4 is 0 Å². The Labute approximate surface area is 70.8 Å². The summed E-state index contributed by atoms with van der Waals surface area (Å²) in [6, 6.07) is 0. The van der Waals surface area contributed by atoms with Gasteiger partial charge in [-0.05, 0) is 12.8 Å². The number of quaternary nitrogens is 1. The van der Waals surface area contributed by atoms with Crippen LogP contribution in [0.5, 0.6) is 0 Å². The number of hydrogen-bond donors (Lipinski definition) is 1. The minimum atomic E-state index is 0.992. The van der Waals surface area contributed by atoms with Gasteiger partial charge < -0.3 is 4.90 Å². The molecule has 0 aliphatic carbocycles. The van der Waals surface area contributed by atoms with E-state index in [2.05, 4.69) is 13.8 Å². The van der Waals surface area contributed by atoms with E-state index in [1.165, 1.54) is 45.3 Å². The lowest BCUT2D eigenvalue weighted by molar-refractivity contribution is -0.889. The average molecular weight is 156 g/mol. The zero-order chi connectivity index (χ0) is 8.10. The summed E-state index contributed by atoms with van der Waals surface area (Å²) in [5.74, 6) is 0.992. The van der Waals surface area contributed by atoms with Gasteiger partial charge in [0, 0.05) is 12.3 Å². The van der Waals surface area contributed by atoms with E-state index in [-0.39, 0.29) is 0 Å². The van der Waals surface area contributed by atoms with Gasteiger partial charge in [0.15, 0.2) is 0 Å². The fourth-order valence-corrected chi connectivity index (χ4v) is 2.00. The zero-order valence-electron chi connectivity index (χ0n) is 8.03. The van der Waals surface area contributed by atoms with E-state index in [9.17, 15) is 0 Å². The van der Waals surface area contributed by atoms with Crippen LogP contribution in [0, 0.1) is 5.92 Å². The van der Waals surface area contributed by atoms with Crippen molar-refractivity contribution in [2.45, 2.75) is 39.5 Å². The second-order valence-corrected chi connectivity index (χ2v) is 4.06. The van der Waals surface area contributed by atoms with Crippen LogP contribution in [0.15, 0.2) is 0 Å². The molecule has 1 aliphatic heterocycles. The minimum absolute atomic E-state index is 0.992. The lowest BCUT2D eigenvalue weighted by Crippen LogP contribution is -3.10. The highest BCUT2D eigenvalue weighted by molar-refractivity contribution is 4.55. The molecule has 66 valence electrons. The van der Waals surface area contributed by atoms with Gasteiger partial charge in [0.25, 0.3) is 0 Å². The maximum Gasteiger partial charge on any atom is 0.0799 e. The highest BCUT2D eigenvalue weighted by atomic mass is 15.1. The largest absolute Gasteiger partial charge is 0.335 e. The van der Waals surface area contributed by atoms with E-state index < -0.39 is 0 Å². The average Bonchev–Trinajstić information content (AvgIpc) is 2.37. The molecule has 1 nitrogen and oxygen atoms in total. The number of unbranched alkanes of at least 4 members (excludes halogenated alkanes) is 2. The smallest absolute Gasteiger partial charge is 0.0799 e. The van der Waals surface area contributed by atoms with Gasteiger partial charge in [-0.1, -0.05) is 20.3 Å². The maximum absolute atomic E-state index is 2.38. The van der Waals surface area contributed by atoms with E-state index in [4.69, 9.17) is 0 Å². The summed E-state index contributed by atoms with van der Waals surface area (Å²) in [6.07, 6.45) is 5.70. The Morgan fingerprint density at radius 3 is 2.73 bits per heavy atom. The second-order valence-electron chi connectivity index (χ2n) is 4.06. The van der Waals surface area contributed by atoms with Gasteiger partial charge in [0.05, 0.1) is 19.6 Å². The number of nitrogens with one attached hydrogen (secondary N) is 1. The minimum Gasteiger partial charge on any atom is -0.335 e. The summed E-state index contributed by atoms with van der Waals surface area (Å²) in [5.41, 5.74) is 0. The molecule has 2 unspecified atom stereocenters. The molecule has 1 rings (SSSR count). The van der Waals surface area contributed by atoms with Crippen molar-refractivity contribution in [2.75, 3.05) is 19.6 Å². The Balaban J connectivity index is 1.99. The summed E-state index contributed by atoms with van der Waals surface area (Å²) in [7, 11) is 0. The van der Waals surface area contributed by atoms with Gasteiger partial charge in [-0.2, -0.15) is 0 Å². The summed E-state index contributed by atoms with van der Waals surface area (Å²) >= 11 is 0. The molecule has 0 aromatic carbocycles. The molecule has 1 heterocycles. The number of likely N-dealkylation sites (tertiary alicyclic amines) is 1. The van der Waals surface area contributed by atoms with Gasteiger partial charge in [-0.3, -0.25) is 0 Å². The van der Waals surface area contributed by atoms with Crippen LogP contribution < -0.4 is 4.90 Å². The monoisotopic (exact) mass is 156 g/mol. The summed E-state index contributed by atoms with van der Waals surface area (Å²) in [5, 5.41) is 0. The number of hydrogen-bond acceptors (Lipinski definition) is 0. The Hall–Kier alpha value is -0.0400. The molecule has 1 N–H and O–H groups in total. The molecule has 0 aromatic heterocycles. The van der Waals surface area contributed by atoms with Crippen LogP contribution in [0.1, 0.15) is 39.5 Å². The third kappa shape index (κ3) is 3.24. The first-order valence-corrected chi connectivity index (χ1v) is 5.16. The van der Waals surface area contributed by atoms with Crippen LogP contribution in [0.4, 0.5) is 0 Å². The van der Waals surface area contributed by atoms with E-state index in [1.54, 1.807) is 0 Å². The molecular weight excluding hydrogens is 134 g/mol. The molecule has 0 saturated carbocycles. The lowest BCUT2D eigenvalue weighted by atomic mass is 10.2. The van der Waals surface area contributed by atoms with Crippen LogP contribution in [-0.2, 0) is 0 Å². The normalized spacial score (nSPS) is 31.1. The highest BCUT2D eigenvalue weighted by Gasteiger charge is 2.21. The van der Waals surface area contributed by atoms with Crippen LogP contribution in [0.2, 0.25) is 0 Å². The molecule has 0 amide bonds. The van der Waals surface area contributed by atoms with Gasteiger partial charge >= 0.3 is 0 Å². The van der Waals surface area contributed by atoms with Crippen molar-refractivity contribution in [3.63, 3.8) is 0 Å². The molecule has 1 saturated heterocycles. The van der Waals surface area contributed by atoms with Crippen molar-refractivity contribution in [1.82, 2.24) is 0 Å². The number of rotatable bonds is 4. The van der Waals surface area contributed by atoms with E-state index in [1.807, 2.05) is 4.90 Å². The molecule has 0 bridgehead atoms. The molecule has 11 heavy (non-hydrogen) atoms. The SMILES string of the molecule is CCCCC[NH+]1CCC(C)C1. The molecule has 0 aromatic rings. The van der Waals surface area contributed by atoms with Gasteiger partial charge in [0.1, 0.15) is 0 Å². The third-order valence-corrected chi connectivity index (χ3v) is 2.76. The fraction of sp³-hybridized carbons (Fsp3) is 1.00. The summed E-state index contributed by atoms with van der Waals surface area (Å²) in [6.45, 7) is 8.96. The van der Waals surface area contributed by atoms with Crippen LogP contribution in [0.25, 0.3) is 0 Å². The van der Waals surface area contributed by atoms with Crippen molar-refractivity contribution in [1.29, 1.82) is 0 Å². The molecule has 1 heteroatoms. The van der Waals surface area contributed by atoms with Gasteiger partial charge in [0.2, 0.25) is 0 Å². The Morgan fingerprint density at radius 2 is 2.18 bits per heavy atom. The third-order valence-electron chi connectivity index (χ3n) is 2.76. The first-order chi connectivity index (χ1) is 5.33. The van der Waals surface area contributed by atoms with Gasteiger partial charge in [-0.15, -0.1) is 0 Å². The topological polar surface area (TPSA) is 4.44 Å². The first kappa shape index (κ1) is 9.05. The predicted octanol–water partition coefficient (Wildman–Crippen LogP) is 1.10. The zero-order valence-corrected chi connectivity index (χ0v) is 8.03. The Bertz CT molecular complexity index is 101. The standard InChI is InChI=1S/C10H21N/c1-3-4-5-7-11-8-6-10(2)9-11/h10H,3-9H2,1-2H3/p+1. The molecule has 1 aliphatic rings. The van der Waals surface area contributed by atoms with E-state index in [0.717, 1.165) is 5.92 Å². The van der Waals surface area contributed by atoms with Crippen molar-refractivity contribution in [3.8, 4) is 0 Å². The Morgan fingerprint density at radius 1 is 1.36 bits per heavy atom. The van der Waals surface area contributed by atoms with E-state index >= 15 is 0 Å². The van der Waals surface area contributed by atoms with E-state index in [0.29, 0.717) is 0 Å². The second kappa shape index (κ2) is 4.76.